The fourth-order valence-corrected chi connectivity index (χ4v) is 5.67. The molecule has 0 saturated heterocycles. The lowest BCUT2D eigenvalue weighted by Crippen LogP contribution is -2.30. The highest BCUT2D eigenvalue weighted by atomic mass is 32.2. The number of benzene rings is 2. The summed E-state index contributed by atoms with van der Waals surface area (Å²) >= 11 is 1.20. The van der Waals surface area contributed by atoms with Crippen molar-refractivity contribution in [3.8, 4) is 16.9 Å². The van der Waals surface area contributed by atoms with Crippen LogP contribution in [0.1, 0.15) is 24.2 Å². The Bertz CT molecular complexity index is 1240. The Labute approximate surface area is 192 Å². The molecule has 1 atom stereocenters. The molecule has 0 fully saturated rings. The van der Waals surface area contributed by atoms with Crippen molar-refractivity contribution in [3.05, 3.63) is 102 Å². The Morgan fingerprint density at radius 1 is 0.969 bits per heavy atom. The zero-order valence-corrected chi connectivity index (χ0v) is 19.3. The Morgan fingerprint density at radius 2 is 1.81 bits per heavy atom. The van der Waals surface area contributed by atoms with E-state index in [0.29, 0.717) is 22.9 Å². The van der Waals surface area contributed by atoms with Gasteiger partial charge in [-0.1, -0.05) is 48.5 Å². The van der Waals surface area contributed by atoms with E-state index in [1.54, 1.807) is 23.7 Å². The van der Waals surface area contributed by atoms with Gasteiger partial charge in [-0.05, 0) is 65.7 Å². The van der Waals surface area contributed by atoms with Gasteiger partial charge < -0.3 is 4.74 Å². The second kappa shape index (κ2) is 10.1. The molecule has 0 aliphatic rings. The van der Waals surface area contributed by atoms with E-state index in [2.05, 4.69) is 9.71 Å². The molecule has 2 aromatic carbocycles. The average Bonchev–Trinajstić information content (AvgIpc) is 3.36. The van der Waals surface area contributed by atoms with Crippen molar-refractivity contribution in [2.24, 2.45) is 0 Å². The molecule has 0 amide bonds. The minimum absolute atomic E-state index is 0.294. The maximum atomic E-state index is 12.9. The number of rotatable bonds is 9. The molecule has 0 radical (unpaired) electrons. The van der Waals surface area contributed by atoms with Crippen molar-refractivity contribution in [2.45, 2.75) is 23.6 Å². The SMILES string of the molecule is CCOc1cccc(-c2ccc(CC(NS(=O)(=O)c3cccs3)c3ccccn3)cc2)c1. The van der Waals surface area contributed by atoms with Crippen LogP contribution in [0.15, 0.2) is 94.6 Å². The van der Waals surface area contributed by atoms with Crippen molar-refractivity contribution in [3.63, 3.8) is 0 Å². The van der Waals surface area contributed by atoms with Crippen LogP contribution in [0.4, 0.5) is 0 Å². The van der Waals surface area contributed by atoms with Gasteiger partial charge in [-0.2, -0.15) is 0 Å². The first kappa shape index (κ1) is 22.2. The zero-order chi connectivity index (χ0) is 22.4. The molecule has 4 rings (SSSR count). The van der Waals surface area contributed by atoms with Gasteiger partial charge in [-0.3, -0.25) is 4.98 Å². The third-order valence-corrected chi connectivity index (χ3v) is 7.84. The smallest absolute Gasteiger partial charge is 0.250 e. The molecule has 5 nitrogen and oxygen atoms in total. The predicted molar refractivity (Wildman–Crippen MR) is 128 cm³/mol. The summed E-state index contributed by atoms with van der Waals surface area (Å²) in [5.74, 6) is 0.840. The van der Waals surface area contributed by atoms with Gasteiger partial charge in [0.15, 0.2) is 0 Å². The molecular weight excluding hydrogens is 440 g/mol. The van der Waals surface area contributed by atoms with Crippen LogP contribution in [0.25, 0.3) is 11.1 Å². The van der Waals surface area contributed by atoms with Gasteiger partial charge in [0.25, 0.3) is 10.0 Å². The summed E-state index contributed by atoms with van der Waals surface area (Å²) in [7, 11) is -3.63. The fourth-order valence-electron chi connectivity index (χ4n) is 3.45. The lowest BCUT2D eigenvalue weighted by Gasteiger charge is -2.18. The third kappa shape index (κ3) is 5.43. The molecule has 32 heavy (non-hydrogen) atoms. The highest BCUT2D eigenvalue weighted by Crippen LogP contribution is 2.26. The number of nitrogens with zero attached hydrogens (tertiary/aromatic N) is 1. The van der Waals surface area contributed by atoms with Crippen molar-refractivity contribution >= 4 is 21.4 Å². The first-order valence-corrected chi connectivity index (χ1v) is 12.7. The van der Waals surface area contributed by atoms with Crippen molar-refractivity contribution < 1.29 is 13.2 Å². The standard InChI is InChI=1S/C25H24N2O3S2/c1-2-30-22-8-5-7-21(18-22)20-13-11-19(12-14-20)17-24(23-9-3-4-15-26-23)27-32(28,29)25-10-6-16-31-25/h3-16,18,24,27H,2,17H2,1H3. The van der Waals surface area contributed by atoms with Crippen molar-refractivity contribution in [1.29, 1.82) is 0 Å². The number of pyridine rings is 1. The van der Waals surface area contributed by atoms with Gasteiger partial charge in [-0.15, -0.1) is 11.3 Å². The molecule has 0 saturated carbocycles. The van der Waals surface area contributed by atoms with Crippen LogP contribution in [0.2, 0.25) is 0 Å². The summed E-state index contributed by atoms with van der Waals surface area (Å²) in [6, 6.07) is 24.5. The van der Waals surface area contributed by atoms with Gasteiger partial charge >= 0.3 is 0 Å². The second-order valence-electron chi connectivity index (χ2n) is 7.22. The monoisotopic (exact) mass is 464 g/mol. The second-order valence-corrected chi connectivity index (χ2v) is 10.1. The highest BCUT2D eigenvalue weighted by molar-refractivity contribution is 7.91. The molecule has 2 heterocycles. The van der Waals surface area contributed by atoms with E-state index >= 15 is 0 Å². The van der Waals surface area contributed by atoms with Crippen LogP contribution in [-0.4, -0.2) is 20.0 Å². The van der Waals surface area contributed by atoms with Crippen molar-refractivity contribution in [1.82, 2.24) is 9.71 Å². The quantitative estimate of drug-likeness (QED) is 0.357. The van der Waals surface area contributed by atoms with Gasteiger partial charge in [0.1, 0.15) is 9.96 Å². The van der Waals surface area contributed by atoms with Gasteiger partial charge in [0.05, 0.1) is 18.3 Å². The summed E-state index contributed by atoms with van der Waals surface area (Å²) in [6.45, 7) is 2.59. The zero-order valence-electron chi connectivity index (χ0n) is 17.6. The van der Waals surface area contributed by atoms with Crippen LogP contribution < -0.4 is 9.46 Å². The predicted octanol–water partition coefficient (Wildman–Crippen LogP) is 5.47. The molecule has 164 valence electrons. The number of ether oxygens (including phenoxy) is 1. The number of aromatic nitrogens is 1. The van der Waals surface area contributed by atoms with E-state index in [1.807, 2.05) is 73.7 Å². The van der Waals surface area contributed by atoms with E-state index in [9.17, 15) is 8.42 Å². The largest absolute Gasteiger partial charge is 0.494 e. The van der Waals surface area contributed by atoms with Crippen LogP contribution in [-0.2, 0) is 16.4 Å². The summed E-state index contributed by atoms with van der Waals surface area (Å²) in [5, 5.41) is 1.75. The molecule has 0 bridgehead atoms. The minimum Gasteiger partial charge on any atom is -0.494 e. The molecule has 7 heteroatoms. The number of hydrogen-bond acceptors (Lipinski definition) is 5. The molecule has 1 N–H and O–H groups in total. The van der Waals surface area contributed by atoms with E-state index in [0.717, 1.165) is 22.4 Å². The van der Waals surface area contributed by atoms with E-state index in [1.165, 1.54) is 11.3 Å². The van der Waals surface area contributed by atoms with Gasteiger partial charge in [0.2, 0.25) is 0 Å². The number of sulfonamides is 1. The van der Waals surface area contributed by atoms with Gasteiger partial charge in [-0.25, -0.2) is 13.1 Å². The maximum absolute atomic E-state index is 12.9. The summed E-state index contributed by atoms with van der Waals surface area (Å²) in [6.07, 6.45) is 2.16. The Hall–Kier alpha value is -3.00. The topological polar surface area (TPSA) is 68.3 Å². The van der Waals surface area contributed by atoms with Crippen LogP contribution in [0.5, 0.6) is 5.75 Å². The maximum Gasteiger partial charge on any atom is 0.250 e. The average molecular weight is 465 g/mol. The third-order valence-electron chi connectivity index (χ3n) is 4.97. The van der Waals surface area contributed by atoms with E-state index in [-0.39, 0.29) is 0 Å². The molecule has 1 unspecified atom stereocenters. The summed E-state index contributed by atoms with van der Waals surface area (Å²) in [4.78, 5) is 4.40. The normalized spacial score (nSPS) is 12.4. The fraction of sp³-hybridized carbons (Fsp3) is 0.160. The molecule has 4 aromatic rings. The number of thiophene rings is 1. The number of hydrogen-bond donors (Lipinski definition) is 1. The first-order chi connectivity index (χ1) is 15.5. The van der Waals surface area contributed by atoms with Crippen molar-refractivity contribution in [2.75, 3.05) is 6.61 Å². The van der Waals surface area contributed by atoms with Crippen LogP contribution >= 0.6 is 11.3 Å². The molecule has 0 spiro atoms. The summed E-state index contributed by atoms with van der Waals surface area (Å²) in [5.41, 5.74) is 3.84. The van der Waals surface area contributed by atoms with Crippen LogP contribution in [0.3, 0.4) is 0 Å². The number of nitrogens with one attached hydrogen (secondary N) is 1. The molecule has 0 aliphatic heterocycles. The Morgan fingerprint density at radius 3 is 2.50 bits per heavy atom. The first-order valence-electron chi connectivity index (χ1n) is 10.3. The van der Waals surface area contributed by atoms with E-state index in [4.69, 9.17) is 4.74 Å². The Kier molecular flexibility index (Phi) is 6.99. The highest BCUT2D eigenvalue weighted by Gasteiger charge is 2.23. The lowest BCUT2D eigenvalue weighted by molar-refractivity contribution is 0.340. The van der Waals surface area contributed by atoms with E-state index < -0.39 is 16.1 Å². The molecular formula is C25H24N2O3S2. The Balaban J connectivity index is 1.57. The van der Waals surface area contributed by atoms with Crippen LogP contribution in [0, 0.1) is 0 Å². The summed E-state index contributed by atoms with van der Waals surface area (Å²) < 4.78 is 34.4. The molecule has 0 aliphatic carbocycles. The van der Waals surface area contributed by atoms with Gasteiger partial charge in [0, 0.05) is 6.20 Å². The minimum atomic E-state index is -3.63. The molecule has 2 aromatic heterocycles. The lowest BCUT2D eigenvalue weighted by atomic mass is 9.99.